The third-order valence-electron chi connectivity index (χ3n) is 2.48. The summed E-state index contributed by atoms with van der Waals surface area (Å²) in [7, 11) is 0. The van der Waals surface area contributed by atoms with E-state index in [1.807, 2.05) is 24.3 Å². The molecule has 0 fully saturated rings. The van der Waals surface area contributed by atoms with Crippen molar-refractivity contribution in [3.05, 3.63) is 62.0 Å². The molecular weight excluding hydrogens is 393 g/mol. The minimum absolute atomic E-state index is 0.0784. The van der Waals surface area contributed by atoms with Crippen molar-refractivity contribution in [3.63, 3.8) is 0 Å². The SMILES string of the molecule is O=C(Cc1ccc(Br)cc1)Nc1cc(Cl)ccc1Br. The van der Waals surface area contributed by atoms with Crippen molar-refractivity contribution in [2.75, 3.05) is 5.32 Å². The Kier molecular flexibility index (Phi) is 5.02. The minimum atomic E-state index is -0.0784. The number of benzene rings is 2. The molecule has 1 N–H and O–H groups in total. The average Bonchev–Trinajstić information content (AvgIpc) is 2.37. The zero-order valence-electron chi connectivity index (χ0n) is 9.79. The van der Waals surface area contributed by atoms with Crippen LogP contribution in [-0.2, 0) is 11.2 Å². The predicted molar refractivity (Wildman–Crippen MR) is 85.6 cm³/mol. The average molecular weight is 404 g/mol. The van der Waals surface area contributed by atoms with E-state index in [4.69, 9.17) is 11.6 Å². The summed E-state index contributed by atoms with van der Waals surface area (Å²) >= 11 is 12.6. The number of nitrogens with one attached hydrogen (secondary N) is 1. The number of carbonyl (C=O) groups excluding carboxylic acids is 1. The van der Waals surface area contributed by atoms with Crippen molar-refractivity contribution in [1.82, 2.24) is 0 Å². The molecule has 19 heavy (non-hydrogen) atoms. The molecule has 0 radical (unpaired) electrons. The quantitative estimate of drug-likeness (QED) is 0.764. The van der Waals surface area contributed by atoms with Crippen LogP contribution in [0.2, 0.25) is 5.02 Å². The van der Waals surface area contributed by atoms with Crippen LogP contribution in [0, 0.1) is 0 Å². The van der Waals surface area contributed by atoms with Gasteiger partial charge in [-0.1, -0.05) is 39.7 Å². The van der Waals surface area contributed by atoms with Crippen LogP contribution < -0.4 is 5.32 Å². The summed E-state index contributed by atoms with van der Waals surface area (Å²) in [5.41, 5.74) is 1.63. The van der Waals surface area contributed by atoms with Gasteiger partial charge in [0.05, 0.1) is 12.1 Å². The van der Waals surface area contributed by atoms with E-state index in [1.165, 1.54) is 0 Å². The zero-order valence-corrected chi connectivity index (χ0v) is 13.7. The van der Waals surface area contributed by atoms with Gasteiger partial charge >= 0.3 is 0 Å². The van der Waals surface area contributed by atoms with Crippen molar-refractivity contribution in [2.24, 2.45) is 0 Å². The standard InChI is InChI=1S/C14H10Br2ClNO/c15-10-3-1-9(2-4-10)7-14(19)18-13-8-11(17)5-6-12(13)16/h1-6,8H,7H2,(H,18,19). The van der Waals surface area contributed by atoms with Crippen LogP contribution in [-0.4, -0.2) is 5.91 Å². The summed E-state index contributed by atoms with van der Waals surface area (Å²) in [6, 6.07) is 12.9. The molecule has 5 heteroatoms. The van der Waals surface area contributed by atoms with Gasteiger partial charge in [-0.3, -0.25) is 4.79 Å². The molecule has 0 aliphatic rings. The highest BCUT2D eigenvalue weighted by Gasteiger charge is 2.07. The molecule has 98 valence electrons. The highest BCUT2D eigenvalue weighted by molar-refractivity contribution is 9.10. The first kappa shape index (κ1) is 14.6. The topological polar surface area (TPSA) is 29.1 Å². The van der Waals surface area contributed by atoms with Gasteiger partial charge in [0.2, 0.25) is 5.91 Å². The summed E-state index contributed by atoms with van der Waals surface area (Å²) < 4.78 is 1.80. The summed E-state index contributed by atoms with van der Waals surface area (Å²) in [6.45, 7) is 0. The second-order valence-electron chi connectivity index (χ2n) is 3.98. The molecule has 2 nitrogen and oxygen atoms in total. The fourth-order valence-electron chi connectivity index (χ4n) is 1.58. The molecule has 2 aromatic rings. The van der Waals surface area contributed by atoms with Gasteiger partial charge in [0.1, 0.15) is 0 Å². The summed E-state index contributed by atoms with van der Waals surface area (Å²) in [6.07, 6.45) is 0.326. The van der Waals surface area contributed by atoms with Gasteiger partial charge in [-0.15, -0.1) is 0 Å². The highest BCUT2D eigenvalue weighted by Crippen LogP contribution is 2.26. The number of rotatable bonds is 3. The first-order valence-electron chi connectivity index (χ1n) is 5.54. The fourth-order valence-corrected chi connectivity index (χ4v) is 2.36. The van der Waals surface area contributed by atoms with Crippen LogP contribution >= 0.6 is 43.5 Å². The molecule has 0 aliphatic heterocycles. The second kappa shape index (κ2) is 6.55. The van der Waals surface area contributed by atoms with Gasteiger partial charge < -0.3 is 5.32 Å². The van der Waals surface area contributed by atoms with E-state index in [-0.39, 0.29) is 5.91 Å². The Bertz CT molecular complexity index is 599. The summed E-state index contributed by atoms with van der Waals surface area (Å²) in [5, 5.41) is 3.42. The number of halogens is 3. The van der Waals surface area contributed by atoms with Gasteiger partial charge in [0.25, 0.3) is 0 Å². The Morgan fingerprint density at radius 2 is 1.79 bits per heavy atom. The highest BCUT2D eigenvalue weighted by atomic mass is 79.9. The largest absolute Gasteiger partial charge is 0.325 e. The van der Waals surface area contributed by atoms with E-state index in [0.29, 0.717) is 17.1 Å². The number of anilines is 1. The third-order valence-corrected chi connectivity index (χ3v) is 3.94. The predicted octanol–water partition coefficient (Wildman–Crippen LogP) is 5.05. The Hall–Kier alpha value is -0.840. The summed E-state index contributed by atoms with van der Waals surface area (Å²) in [5.74, 6) is -0.0784. The first-order chi connectivity index (χ1) is 9.04. The normalized spacial score (nSPS) is 10.3. The maximum absolute atomic E-state index is 11.9. The number of hydrogen-bond donors (Lipinski definition) is 1. The van der Waals surface area contributed by atoms with Gasteiger partial charge in [-0.2, -0.15) is 0 Å². The van der Waals surface area contributed by atoms with E-state index in [1.54, 1.807) is 18.2 Å². The van der Waals surface area contributed by atoms with Crippen LogP contribution in [0.1, 0.15) is 5.56 Å². The molecule has 0 saturated carbocycles. The molecule has 0 spiro atoms. The van der Waals surface area contributed by atoms with Crippen molar-refractivity contribution in [3.8, 4) is 0 Å². The first-order valence-corrected chi connectivity index (χ1v) is 7.50. The molecule has 0 heterocycles. The smallest absolute Gasteiger partial charge is 0.228 e. The van der Waals surface area contributed by atoms with Crippen LogP contribution in [0.25, 0.3) is 0 Å². The molecular formula is C14H10Br2ClNO. The fraction of sp³-hybridized carbons (Fsp3) is 0.0714. The van der Waals surface area contributed by atoms with E-state index in [9.17, 15) is 4.79 Å². The Morgan fingerprint density at radius 3 is 2.47 bits per heavy atom. The lowest BCUT2D eigenvalue weighted by atomic mass is 10.1. The molecule has 0 aromatic heterocycles. The van der Waals surface area contributed by atoms with Crippen molar-refractivity contribution in [1.29, 1.82) is 0 Å². The van der Waals surface area contributed by atoms with E-state index in [0.717, 1.165) is 14.5 Å². The van der Waals surface area contributed by atoms with Crippen LogP contribution in [0.4, 0.5) is 5.69 Å². The minimum Gasteiger partial charge on any atom is -0.325 e. The number of carbonyl (C=O) groups is 1. The second-order valence-corrected chi connectivity index (χ2v) is 6.18. The van der Waals surface area contributed by atoms with Crippen LogP contribution in [0.5, 0.6) is 0 Å². The van der Waals surface area contributed by atoms with Crippen molar-refractivity contribution < 1.29 is 4.79 Å². The third kappa shape index (κ3) is 4.34. The van der Waals surface area contributed by atoms with Crippen LogP contribution in [0.3, 0.4) is 0 Å². The molecule has 2 rings (SSSR count). The number of hydrogen-bond acceptors (Lipinski definition) is 1. The lowest BCUT2D eigenvalue weighted by Gasteiger charge is -2.08. The summed E-state index contributed by atoms with van der Waals surface area (Å²) in [4.78, 5) is 11.9. The molecule has 2 aromatic carbocycles. The van der Waals surface area contributed by atoms with Gasteiger partial charge in [-0.05, 0) is 51.8 Å². The van der Waals surface area contributed by atoms with Gasteiger partial charge in [0, 0.05) is 14.0 Å². The molecule has 0 aliphatic carbocycles. The molecule has 0 atom stereocenters. The zero-order chi connectivity index (χ0) is 13.8. The van der Waals surface area contributed by atoms with E-state index < -0.39 is 0 Å². The van der Waals surface area contributed by atoms with Gasteiger partial charge in [0.15, 0.2) is 0 Å². The lowest BCUT2D eigenvalue weighted by Crippen LogP contribution is -2.14. The van der Waals surface area contributed by atoms with E-state index >= 15 is 0 Å². The molecule has 1 amide bonds. The van der Waals surface area contributed by atoms with Gasteiger partial charge in [-0.25, -0.2) is 0 Å². The van der Waals surface area contributed by atoms with E-state index in [2.05, 4.69) is 37.2 Å². The monoisotopic (exact) mass is 401 g/mol. The molecule has 0 bridgehead atoms. The molecule has 0 unspecified atom stereocenters. The Balaban J connectivity index is 2.05. The van der Waals surface area contributed by atoms with Crippen LogP contribution in [0.15, 0.2) is 51.4 Å². The van der Waals surface area contributed by atoms with Crippen molar-refractivity contribution in [2.45, 2.75) is 6.42 Å². The molecule has 0 saturated heterocycles. The Morgan fingerprint density at radius 1 is 1.11 bits per heavy atom. The van der Waals surface area contributed by atoms with Crippen molar-refractivity contribution >= 4 is 55.1 Å². The maximum Gasteiger partial charge on any atom is 0.228 e. The lowest BCUT2D eigenvalue weighted by molar-refractivity contribution is -0.115. The number of amides is 1. The maximum atomic E-state index is 11.9. The Labute approximate surface area is 133 Å².